The summed E-state index contributed by atoms with van der Waals surface area (Å²) in [4.78, 5) is 53.2. The Bertz CT molecular complexity index is 1360. The van der Waals surface area contributed by atoms with E-state index in [1.165, 1.54) is 0 Å². The number of halogens is 3. The number of amides is 2. The first-order chi connectivity index (χ1) is 20.6. The highest BCUT2D eigenvalue weighted by Crippen LogP contribution is 2.25. The highest BCUT2D eigenvalue weighted by atomic mass is 19.4. The molecule has 0 saturated carbocycles. The average Bonchev–Trinajstić information content (AvgIpc) is 2.99. The first-order valence-electron chi connectivity index (χ1n) is 13.4. The number of esters is 2. The number of benzene rings is 2. The number of anilines is 1. The zero-order valence-corrected chi connectivity index (χ0v) is 23.0. The fourth-order valence-electron chi connectivity index (χ4n) is 4.03. The summed E-state index contributed by atoms with van der Waals surface area (Å²) in [6, 6.07) is 18.7. The van der Waals surface area contributed by atoms with Crippen molar-refractivity contribution in [3.05, 3.63) is 84.6 Å². The maximum Gasteiger partial charge on any atom is 0.491 e. The Morgan fingerprint density at radius 2 is 1.56 bits per heavy atom. The number of carbonyl (C=O) groups is 4. The number of aromatic nitrogens is 1. The van der Waals surface area contributed by atoms with Gasteiger partial charge in [-0.25, -0.2) is 9.78 Å². The molecule has 0 bridgehead atoms. The SMILES string of the molecule is O=C(CCCNc1ccccn1)N[C@@H](CCO)C(=O)NC(CC(=O)OC(=O)C(F)(F)F)c1ccc(-c2ccccc2)cc1. The maximum atomic E-state index is 13.2. The van der Waals surface area contributed by atoms with Gasteiger partial charge in [-0.1, -0.05) is 60.7 Å². The molecule has 1 aromatic heterocycles. The topological polar surface area (TPSA) is 147 Å². The van der Waals surface area contributed by atoms with Crippen LogP contribution in [-0.4, -0.2) is 59.2 Å². The highest BCUT2D eigenvalue weighted by molar-refractivity contribution is 5.90. The van der Waals surface area contributed by atoms with E-state index in [-0.39, 0.29) is 12.8 Å². The molecule has 0 aliphatic rings. The quantitative estimate of drug-likeness (QED) is 0.125. The van der Waals surface area contributed by atoms with Gasteiger partial charge in [0.2, 0.25) is 11.8 Å². The van der Waals surface area contributed by atoms with E-state index < -0.39 is 55.0 Å². The van der Waals surface area contributed by atoms with Crippen molar-refractivity contribution in [1.82, 2.24) is 15.6 Å². The van der Waals surface area contributed by atoms with Crippen molar-refractivity contribution >= 4 is 29.6 Å². The predicted molar refractivity (Wildman–Crippen MR) is 150 cm³/mol. The van der Waals surface area contributed by atoms with Crippen LogP contribution in [0.1, 0.15) is 37.3 Å². The normalized spacial score (nSPS) is 12.5. The smallest absolute Gasteiger partial charge is 0.396 e. The molecular weight excluding hydrogens is 569 g/mol. The Morgan fingerprint density at radius 1 is 0.884 bits per heavy atom. The van der Waals surface area contributed by atoms with Crippen LogP contribution in [0.3, 0.4) is 0 Å². The summed E-state index contributed by atoms with van der Waals surface area (Å²) in [5.41, 5.74) is 2.01. The van der Waals surface area contributed by atoms with Crippen LogP contribution in [0.15, 0.2) is 79.0 Å². The Balaban J connectivity index is 1.68. The summed E-state index contributed by atoms with van der Waals surface area (Å²) in [5.74, 6) is -4.82. The number of hydrogen-bond donors (Lipinski definition) is 4. The van der Waals surface area contributed by atoms with Gasteiger partial charge in [0.1, 0.15) is 11.9 Å². The van der Waals surface area contributed by atoms with Crippen molar-refractivity contribution < 1.29 is 42.2 Å². The van der Waals surface area contributed by atoms with E-state index in [2.05, 4.69) is 25.7 Å². The second-order valence-electron chi connectivity index (χ2n) is 9.39. The number of pyridine rings is 1. The largest absolute Gasteiger partial charge is 0.491 e. The zero-order valence-electron chi connectivity index (χ0n) is 23.0. The molecule has 0 aliphatic heterocycles. The fourth-order valence-corrected chi connectivity index (χ4v) is 4.03. The van der Waals surface area contributed by atoms with Gasteiger partial charge in [-0.15, -0.1) is 0 Å². The average molecular weight is 601 g/mol. The van der Waals surface area contributed by atoms with Gasteiger partial charge in [0.05, 0.1) is 12.5 Å². The van der Waals surface area contributed by atoms with E-state index in [1.807, 2.05) is 30.3 Å². The van der Waals surface area contributed by atoms with Gasteiger partial charge in [-0.2, -0.15) is 13.2 Å². The number of carbonyl (C=O) groups excluding carboxylic acids is 4. The van der Waals surface area contributed by atoms with Crippen LogP contribution in [0.4, 0.5) is 19.0 Å². The zero-order chi connectivity index (χ0) is 31.2. The summed E-state index contributed by atoms with van der Waals surface area (Å²) in [6.07, 6.45) is -4.28. The number of alkyl halides is 3. The number of aliphatic hydroxyl groups is 1. The van der Waals surface area contributed by atoms with Crippen LogP contribution >= 0.6 is 0 Å². The minimum atomic E-state index is -5.38. The first-order valence-corrected chi connectivity index (χ1v) is 13.4. The molecule has 3 aromatic rings. The Kier molecular flexibility index (Phi) is 12.2. The monoisotopic (exact) mass is 600 g/mol. The summed E-state index contributed by atoms with van der Waals surface area (Å²) >= 11 is 0. The van der Waals surface area contributed by atoms with Gasteiger partial charge in [0, 0.05) is 25.8 Å². The lowest BCUT2D eigenvalue weighted by Gasteiger charge is -2.23. The molecule has 1 heterocycles. The van der Waals surface area contributed by atoms with Crippen LogP contribution in [-0.2, 0) is 23.9 Å². The van der Waals surface area contributed by atoms with Crippen LogP contribution in [0.2, 0.25) is 0 Å². The summed E-state index contributed by atoms with van der Waals surface area (Å²) < 4.78 is 41.8. The van der Waals surface area contributed by atoms with E-state index in [9.17, 15) is 37.5 Å². The molecule has 2 amide bonds. The molecule has 10 nitrogen and oxygen atoms in total. The van der Waals surface area contributed by atoms with Crippen molar-refractivity contribution in [3.8, 4) is 11.1 Å². The molecule has 0 saturated heterocycles. The third kappa shape index (κ3) is 10.9. The molecule has 13 heteroatoms. The van der Waals surface area contributed by atoms with Crippen molar-refractivity contribution in [1.29, 1.82) is 0 Å². The number of hydrogen-bond acceptors (Lipinski definition) is 8. The summed E-state index contributed by atoms with van der Waals surface area (Å²) in [7, 11) is 0. The standard InChI is InChI=1S/C30H31F3N4O6/c31-30(32,33)29(42)43-27(40)19-24(22-13-11-21(12-14-22)20-7-2-1-3-8-20)37-28(41)23(15-18-38)36-26(39)10-6-17-35-25-9-4-5-16-34-25/h1-5,7-9,11-14,16,23-24,38H,6,10,15,17-19H2,(H,34,35)(H,36,39)(H,37,41)/t23-,24?/m0/s1. The third-order valence-corrected chi connectivity index (χ3v) is 6.17. The van der Waals surface area contributed by atoms with Gasteiger partial charge in [-0.05, 0) is 41.7 Å². The van der Waals surface area contributed by atoms with E-state index in [0.717, 1.165) is 11.1 Å². The van der Waals surface area contributed by atoms with Gasteiger partial charge in [0.15, 0.2) is 0 Å². The molecule has 43 heavy (non-hydrogen) atoms. The van der Waals surface area contributed by atoms with E-state index in [0.29, 0.717) is 24.3 Å². The Morgan fingerprint density at radius 3 is 2.19 bits per heavy atom. The van der Waals surface area contributed by atoms with Gasteiger partial charge in [0.25, 0.3) is 0 Å². The van der Waals surface area contributed by atoms with Crippen molar-refractivity contribution in [3.63, 3.8) is 0 Å². The second kappa shape index (κ2) is 16.0. The summed E-state index contributed by atoms with van der Waals surface area (Å²) in [5, 5.41) is 17.6. The molecule has 0 radical (unpaired) electrons. The highest BCUT2D eigenvalue weighted by Gasteiger charge is 2.42. The van der Waals surface area contributed by atoms with E-state index in [4.69, 9.17) is 0 Å². The van der Waals surface area contributed by atoms with Gasteiger partial charge in [-0.3, -0.25) is 14.4 Å². The van der Waals surface area contributed by atoms with Gasteiger partial charge >= 0.3 is 18.1 Å². The van der Waals surface area contributed by atoms with E-state index >= 15 is 0 Å². The van der Waals surface area contributed by atoms with Crippen molar-refractivity contribution in [2.45, 2.75) is 43.9 Å². The molecule has 2 atom stereocenters. The van der Waals surface area contributed by atoms with Crippen LogP contribution in [0.25, 0.3) is 11.1 Å². The summed E-state index contributed by atoms with van der Waals surface area (Å²) in [6.45, 7) is -0.0285. The van der Waals surface area contributed by atoms with Crippen molar-refractivity contribution in [2.24, 2.45) is 0 Å². The second-order valence-corrected chi connectivity index (χ2v) is 9.39. The lowest BCUT2D eigenvalue weighted by molar-refractivity contribution is -0.202. The molecule has 228 valence electrons. The first kappa shape index (κ1) is 32.7. The van der Waals surface area contributed by atoms with Crippen LogP contribution in [0, 0.1) is 0 Å². The molecule has 0 aliphatic carbocycles. The predicted octanol–water partition coefficient (Wildman–Crippen LogP) is 3.69. The number of nitrogens with one attached hydrogen (secondary N) is 3. The molecule has 0 spiro atoms. The Labute approximate surface area is 245 Å². The third-order valence-electron chi connectivity index (χ3n) is 6.17. The number of rotatable bonds is 14. The lowest BCUT2D eigenvalue weighted by Crippen LogP contribution is -2.48. The van der Waals surface area contributed by atoms with Crippen LogP contribution < -0.4 is 16.0 Å². The molecule has 4 N–H and O–H groups in total. The fraction of sp³-hybridized carbons (Fsp3) is 0.300. The minimum Gasteiger partial charge on any atom is -0.396 e. The molecule has 2 aromatic carbocycles. The molecule has 1 unspecified atom stereocenters. The number of nitrogens with zero attached hydrogens (tertiary/aromatic N) is 1. The molecule has 0 fully saturated rings. The molecular formula is C30H31F3N4O6. The Hall–Kier alpha value is -4.78. The number of ether oxygens (including phenoxy) is 1. The van der Waals surface area contributed by atoms with Gasteiger partial charge < -0.3 is 25.8 Å². The van der Waals surface area contributed by atoms with Crippen molar-refractivity contribution in [2.75, 3.05) is 18.5 Å². The minimum absolute atomic E-state index is 0.0469. The maximum absolute atomic E-state index is 13.2. The van der Waals surface area contributed by atoms with Crippen LogP contribution in [0.5, 0.6) is 0 Å². The lowest BCUT2D eigenvalue weighted by atomic mass is 9.98. The van der Waals surface area contributed by atoms with E-state index in [1.54, 1.807) is 48.7 Å². The molecule has 3 rings (SSSR count). The number of aliphatic hydroxyl groups excluding tert-OH is 1.